The molecule has 170 valence electrons. The number of morpholine rings is 1. The number of nitrogens with one attached hydrogen (secondary N) is 1. The van der Waals surface area contributed by atoms with E-state index in [2.05, 4.69) is 17.5 Å². The Kier molecular flexibility index (Phi) is 6.46. The number of allylic oxidation sites excluding steroid dienone is 2. The molecule has 0 saturated carbocycles. The Bertz CT molecular complexity index is 821. The van der Waals surface area contributed by atoms with Crippen molar-refractivity contribution in [3.05, 3.63) is 41.5 Å². The molecule has 1 aromatic carbocycles. The SMILES string of the molecule is O=C(NCc1ccc(N2CCOCC2)cc1C(F)(F)F)N1CCC[C@@]2(CC=CCC2)C1. The summed E-state index contributed by atoms with van der Waals surface area (Å²) < 4.78 is 46.5. The lowest BCUT2D eigenvalue weighted by molar-refractivity contribution is -0.138. The van der Waals surface area contributed by atoms with Crippen molar-refractivity contribution in [1.82, 2.24) is 10.2 Å². The van der Waals surface area contributed by atoms with E-state index in [1.54, 1.807) is 11.0 Å². The number of ether oxygens (including phenoxy) is 1. The Balaban J connectivity index is 1.43. The van der Waals surface area contributed by atoms with Gasteiger partial charge in [-0.25, -0.2) is 4.79 Å². The van der Waals surface area contributed by atoms with E-state index in [1.165, 1.54) is 12.1 Å². The second kappa shape index (κ2) is 9.10. The zero-order valence-electron chi connectivity index (χ0n) is 17.7. The zero-order chi connectivity index (χ0) is 21.9. The molecule has 4 rings (SSSR count). The van der Waals surface area contributed by atoms with Crippen LogP contribution in [0.25, 0.3) is 0 Å². The number of anilines is 1. The molecule has 31 heavy (non-hydrogen) atoms. The average molecular weight is 438 g/mol. The van der Waals surface area contributed by atoms with Crippen LogP contribution in [0, 0.1) is 5.41 Å². The normalized spacial score (nSPS) is 24.5. The second-order valence-electron chi connectivity index (χ2n) is 8.84. The highest BCUT2D eigenvalue weighted by molar-refractivity contribution is 5.74. The first-order chi connectivity index (χ1) is 14.9. The predicted octanol–water partition coefficient (Wildman–Crippen LogP) is 4.57. The van der Waals surface area contributed by atoms with Crippen LogP contribution in [0.2, 0.25) is 0 Å². The number of carbonyl (C=O) groups is 1. The maximum atomic E-state index is 13.7. The van der Waals surface area contributed by atoms with Crippen molar-refractivity contribution in [2.24, 2.45) is 5.41 Å². The molecular formula is C23H30F3N3O2. The number of piperidine rings is 1. The molecule has 1 aliphatic carbocycles. The second-order valence-corrected chi connectivity index (χ2v) is 8.84. The minimum Gasteiger partial charge on any atom is -0.378 e. The first-order valence-corrected chi connectivity index (χ1v) is 11.1. The molecule has 2 heterocycles. The number of benzene rings is 1. The maximum absolute atomic E-state index is 13.7. The Morgan fingerprint density at radius 3 is 2.65 bits per heavy atom. The highest BCUT2D eigenvalue weighted by atomic mass is 19.4. The summed E-state index contributed by atoms with van der Waals surface area (Å²) in [7, 11) is 0. The molecule has 0 unspecified atom stereocenters. The van der Waals surface area contributed by atoms with E-state index in [9.17, 15) is 18.0 Å². The van der Waals surface area contributed by atoms with Crippen LogP contribution in [0.4, 0.5) is 23.7 Å². The molecule has 0 radical (unpaired) electrons. The highest BCUT2D eigenvalue weighted by Gasteiger charge is 2.37. The fraction of sp³-hybridized carbons (Fsp3) is 0.609. The molecule has 0 bridgehead atoms. The molecule has 2 fully saturated rings. The number of amides is 2. The third-order valence-electron chi connectivity index (χ3n) is 6.71. The molecule has 1 spiro atoms. The van der Waals surface area contributed by atoms with Gasteiger partial charge in [-0.2, -0.15) is 13.2 Å². The van der Waals surface area contributed by atoms with E-state index < -0.39 is 11.7 Å². The smallest absolute Gasteiger partial charge is 0.378 e. The Morgan fingerprint density at radius 1 is 1.13 bits per heavy atom. The van der Waals surface area contributed by atoms with Gasteiger partial charge in [-0.05, 0) is 55.2 Å². The van der Waals surface area contributed by atoms with Crippen LogP contribution in [0.5, 0.6) is 0 Å². The van der Waals surface area contributed by atoms with Gasteiger partial charge in [0.25, 0.3) is 0 Å². The molecular weight excluding hydrogens is 407 g/mol. The number of urea groups is 1. The number of alkyl halides is 3. The van der Waals surface area contributed by atoms with Gasteiger partial charge in [-0.1, -0.05) is 18.2 Å². The van der Waals surface area contributed by atoms with Crippen LogP contribution in [0.1, 0.15) is 43.2 Å². The van der Waals surface area contributed by atoms with Gasteiger partial charge in [0.1, 0.15) is 0 Å². The van der Waals surface area contributed by atoms with E-state index in [0.717, 1.165) is 32.1 Å². The number of nitrogens with zero attached hydrogens (tertiary/aromatic N) is 2. The number of hydrogen-bond acceptors (Lipinski definition) is 3. The van der Waals surface area contributed by atoms with Gasteiger partial charge in [-0.15, -0.1) is 0 Å². The summed E-state index contributed by atoms with van der Waals surface area (Å²) in [6.07, 6.45) is 4.99. The highest BCUT2D eigenvalue weighted by Crippen LogP contribution is 2.41. The van der Waals surface area contributed by atoms with Crippen LogP contribution >= 0.6 is 0 Å². The van der Waals surface area contributed by atoms with Crippen molar-refractivity contribution in [1.29, 1.82) is 0 Å². The zero-order valence-corrected chi connectivity index (χ0v) is 17.7. The van der Waals surface area contributed by atoms with Crippen molar-refractivity contribution in [3.63, 3.8) is 0 Å². The third-order valence-corrected chi connectivity index (χ3v) is 6.71. The van der Waals surface area contributed by atoms with Crippen LogP contribution in [-0.4, -0.2) is 50.3 Å². The maximum Gasteiger partial charge on any atom is 0.416 e. The molecule has 2 saturated heterocycles. The summed E-state index contributed by atoms with van der Waals surface area (Å²) in [6, 6.07) is 4.10. The van der Waals surface area contributed by atoms with Crippen molar-refractivity contribution < 1.29 is 22.7 Å². The lowest BCUT2D eigenvalue weighted by atomic mass is 9.71. The molecule has 2 aliphatic heterocycles. The third kappa shape index (κ3) is 5.17. The Labute approximate surface area is 181 Å². The molecule has 2 amide bonds. The largest absolute Gasteiger partial charge is 0.416 e. The van der Waals surface area contributed by atoms with Crippen LogP contribution in [-0.2, 0) is 17.5 Å². The summed E-state index contributed by atoms with van der Waals surface area (Å²) >= 11 is 0. The van der Waals surface area contributed by atoms with Gasteiger partial charge >= 0.3 is 12.2 Å². The van der Waals surface area contributed by atoms with Crippen LogP contribution < -0.4 is 10.2 Å². The lowest BCUT2D eigenvalue weighted by Crippen LogP contribution is -2.50. The van der Waals surface area contributed by atoms with Crippen molar-refractivity contribution in [3.8, 4) is 0 Å². The molecule has 0 aromatic heterocycles. The monoisotopic (exact) mass is 437 g/mol. The number of hydrogen-bond donors (Lipinski definition) is 1. The first-order valence-electron chi connectivity index (χ1n) is 11.1. The van der Waals surface area contributed by atoms with Gasteiger partial charge in [0.05, 0.1) is 18.8 Å². The van der Waals surface area contributed by atoms with Crippen molar-refractivity contribution in [2.75, 3.05) is 44.3 Å². The lowest BCUT2D eigenvalue weighted by Gasteiger charge is -2.43. The van der Waals surface area contributed by atoms with E-state index in [4.69, 9.17) is 4.74 Å². The van der Waals surface area contributed by atoms with Gasteiger partial charge in [0.15, 0.2) is 0 Å². The van der Waals surface area contributed by atoms with Crippen molar-refractivity contribution >= 4 is 11.7 Å². The Hall–Kier alpha value is -2.22. The van der Waals surface area contributed by atoms with E-state index in [1.807, 2.05) is 4.90 Å². The fourth-order valence-corrected chi connectivity index (χ4v) is 4.98. The molecule has 5 nitrogen and oxygen atoms in total. The summed E-state index contributed by atoms with van der Waals surface area (Å²) in [6.45, 7) is 3.34. The summed E-state index contributed by atoms with van der Waals surface area (Å²) in [4.78, 5) is 16.4. The quantitative estimate of drug-likeness (QED) is 0.705. The standard InChI is InChI=1S/C23H30F3N3O2/c24-23(25,26)20-15-19(28-11-13-31-14-12-28)6-5-18(20)16-27-21(30)29-10-4-9-22(17-29)7-2-1-3-8-22/h1-2,5-6,15H,3-4,7-14,16-17H2,(H,27,30)/t22-/m0/s1. The molecule has 1 N–H and O–H groups in total. The molecule has 8 heteroatoms. The summed E-state index contributed by atoms with van der Waals surface area (Å²) in [5, 5.41) is 2.74. The van der Waals surface area contributed by atoms with Crippen LogP contribution in [0.15, 0.2) is 30.4 Å². The number of likely N-dealkylation sites (tertiary alicyclic amines) is 1. The van der Waals surface area contributed by atoms with Crippen molar-refractivity contribution in [2.45, 2.75) is 44.8 Å². The minimum atomic E-state index is -4.48. The summed E-state index contributed by atoms with van der Waals surface area (Å²) in [5.74, 6) is 0. The topological polar surface area (TPSA) is 44.8 Å². The van der Waals surface area contributed by atoms with Gasteiger partial charge < -0.3 is 19.9 Å². The van der Waals surface area contributed by atoms with Gasteiger partial charge in [-0.3, -0.25) is 0 Å². The van der Waals surface area contributed by atoms with Crippen LogP contribution in [0.3, 0.4) is 0 Å². The molecule has 1 aromatic rings. The molecule has 1 atom stereocenters. The van der Waals surface area contributed by atoms with Gasteiger partial charge in [0.2, 0.25) is 0 Å². The Morgan fingerprint density at radius 2 is 1.94 bits per heavy atom. The number of halogens is 3. The fourth-order valence-electron chi connectivity index (χ4n) is 4.98. The number of carbonyl (C=O) groups excluding carboxylic acids is 1. The minimum absolute atomic E-state index is 0.0881. The summed E-state index contributed by atoms with van der Waals surface area (Å²) in [5.41, 5.74) is 0.0601. The molecule has 3 aliphatic rings. The van der Waals surface area contributed by atoms with E-state index in [-0.39, 0.29) is 23.6 Å². The predicted molar refractivity (Wildman–Crippen MR) is 113 cm³/mol. The van der Waals surface area contributed by atoms with Gasteiger partial charge in [0, 0.05) is 38.4 Å². The van der Waals surface area contributed by atoms with E-state index >= 15 is 0 Å². The average Bonchev–Trinajstić information content (AvgIpc) is 2.78. The number of rotatable bonds is 3. The van der Waals surface area contributed by atoms with E-state index in [0.29, 0.717) is 45.1 Å². The first kappa shape index (κ1) is 22.0.